The maximum atomic E-state index is 11.7. The predicted octanol–water partition coefficient (Wildman–Crippen LogP) is 0.878. The number of hydrogen-bond acceptors (Lipinski definition) is 3. The van der Waals surface area contributed by atoms with E-state index in [9.17, 15) is 8.42 Å². The van der Waals surface area contributed by atoms with Crippen molar-refractivity contribution >= 4 is 22.4 Å². The molecule has 2 fully saturated rings. The summed E-state index contributed by atoms with van der Waals surface area (Å²) < 4.78 is 26.3. The van der Waals surface area contributed by atoms with Crippen molar-refractivity contribution in [2.75, 3.05) is 12.3 Å². The van der Waals surface area contributed by atoms with E-state index in [0.717, 1.165) is 32.2 Å². The fraction of sp³-hybridized carbons (Fsp3) is 1.00. The highest BCUT2D eigenvalue weighted by Gasteiger charge is 2.30. The lowest BCUT2D eigenvalue weighted by atomic mass is 10.0. The molecule has 96 valence electrons. The van der Waals surface area contributed by atoms with Crippen LogP contribution in [0.15, 0.2) is 0 Å². The minimum atomic E-state index is -3.02. The number of piperidine rings is 1. The van der Waals surface area contributed by atoms with Crippen LogP contribution < -0.4 is 10.0 Å². The Kier molecular flexibility index (Phi) is 5.04. The van der Waals surface area contributed by atoms with Gasteiger partial charge in [-0.05, 0) is 45.1 Å². The van der Waals surface area contributed by atoms with E-state index in [1.165, 1.54) is 0 Å². The van der Waals surface area contributed by atoms with Crippen molar-refractivity contribution in [3.05, 3.63) is 0 Å². The highest BCUT2D eigenvalue weighted by molar-refractivity contribution is 7.89. The zero-order chi connectivity index (χ0) is 10.9. The van der Waals surface area contributed by atoms with Crippen LogP contribution in [0.5, 0.6) is 0 Å². The average molecular weight is 269 g/mol. The maximum Gasteiger partial charge on any atom is 0.212 e. The Balaban J connectivity index is 0.00000128. The van der Waals surface area contributed by atoms with Gasteiger partial charge in [-0.2, -0.15) is 0 Å². The van der Waals surface area contributed by atoms with E-state index in [1.54, 1.807) is 0 Å². The van der Waals surface area contributed by atoms with Crippen LogP contribution in [0.2, 0.25) is 0 Å². The number of halogens is 1. The summed E-state index contributed by atoms with van der Waals surface area (Å²) >= 11 is 0. The first kappa shape index (κ1) is 14.2. The minimum absolute atomic E-state index is 0. The third-order valence-electron chi connectivity index (χ3n) is 3.12. The molecule has 1 saturated carbocycles. The molecule has 2 unspecified atom stereocenters. The second-order valence-corrected chi connectivity index (χ2v) is 6.72. The molecule has 0 spiro atoms. The van der Waals surface area contributed by atoms with Gasteiger partial charge in [0, 0.05) is 12.1 Å². The van der Waals surface area contributed by atoms with Crippen molar-refractivity contribution in [3.63, 3.8) is 0 Å². The first-order valence-electron chi connectivity index (χ1n) is 5.78. The molecule has 4 nitrogen and oxygen atoms in total. The van der Waals surface area contributed by atoms with Crippen molar-refractivity contribution in [2.24, 2.45) is 5.92 Å². The van der Waals surface area contributed by atoms with E-state index in [4.69, 9.17) is 0 Å². The van der Waals surface area contributed by atoms with Gasteiger partial charge in [0.05, 0.1) is 5.75 Å². The summed E-state index contributed by atoms with van der Waals surface area (Å²) in [4.78, 5) is 0. The van der Waals surface area contributed by atoms with Gasteiger partial charge < -0.3 is 5.32 Å². The van der Waals surface area contributed by atoms with Crippen LogP contribution in [0.1, 0.15) is 32.6 Å². The number of hydrogen-bond donors (Lipinski definition) is 2. The molecular formula is C10H21ClN2O2S. The molecule has 0 aromatic carbocycles. The van der Waals surface area contributed by atoms with Gasteiger partial charge in [-0.25, -0.2) is 13.1 Å². The molecule has 0 bridgehead atoms. The summed E-state index contributed by atoms with van der Waals surface area (Å²) in [6, 6.07) is 0.567. The Morgan fingerprint density at radius 1 is 1.31 bits per heavy atom. The van der Waals surface area contributed by atoms with Gasteiger partial charge in [0.25, 0.3) is 0 Å². The zero-order valence-electron chi connectivity index (χ0n) is 9.61. The lowest BCUT2D eigenvalue weighted by Gasteiger charge is -2.28. The second kappa shape index (κ2) is 5.67. The van der Waals surface area contributed by atoms with Crippen LogP contribution in [-0.2, 0) is 10.0 Å². The Morgan fingerprint density at radius 3 is 2.56 bits per heavy atom. The Labute approximate surface area is 104 Å². The van der Waals surface area contributed by atoms with Crippen LogP contribution in [-0.4, -0.2) is 32.8 Å². The molecule has 6 heteroatoms. The Hall–Kier alpha value is 0.160. The molecule has 1 heterocycles. The third-order valence-corrected chi connectivity index (χ3v) is 4.72. The lowest BCUT2D eigenvalue weighted by molar-refractivity contribution is 0.361. The van der Waals surface area contributed by atoms with E-state index in [2.05, 4.69) is 17.0 Å². The molecule has 2 atom stereocenters. The zero-order valence-corrected chi connectivity index (χ0v) is 11.2. The highest BCUT2D eigenvalue weighted by atomic mass is 35.5. The smallest absolute Gasteiger partial charge is 0.212 e. The molecule has 2 N–H and O–H groups in total. The summed E-state index contributed by atoms with van der Waals surface area (Å²) in [5, 5.41) is 3.32. The molecule has 1 saturated heterocycles. The van der Waals surface area contributed by atoms with Crippen molar-refractivity contribution in [1.29, 1.82) is 0 Å². The van der Waals surface area contributed by atoms with Gasteiger partial charge in [-0.15, -0.1) is 12.4 Å². The second-order valence-electron chi connectivity index (χ2n) is 4.92. The summed E-state index contributed by atoms with van der Waals surface area (Å²) in [6.07, 6.45) is 3.99. The fourth-order valence-electron chi connectivity index (χ4n) is 2.14. The first-order chi connectivity index (χ1) is 7.05. The standard InChI is InChI=1S/C10H20N2O2S.ClH/c1-8-6-10(4-5-11-8)12-15(13,14)7-9-2-3-9;/h8-12H,2-7H2,1H3;1H. The van der Waals surface area contributed by atoms with E-state index < -0.39 is 10.0 Å². The van der Waals surface area contributed by atoms with Gasteiger partial charge in [-0.3, -0.25) is 0 Å². The molecule has 1 aliphatic heterocycles. The van der Waals surface area contributed by atoms with E-state index in [1.807, 2.05) is 0 Å². The van der Waals surface area contributed by atoms with Gasteiger partial charge in [0.2, 0.25) is 10.0 Å². The van der Waals surface area contributed by atoms with Gasteiger partial charge in [0.1, 0.15) is 0 Å². The maximum absolute atomic E-state index is 11.7. The van der Waals surface area contributed by atoms with Crippen LogP contribution in [0.4, 0.5) is 0 Å². The van der Waals surface area contributed by atoms with Gasteiger partial charge >= 0.3 is 0 Å². The Bertz CT molecular complexity index is 317. The van der Waals surface area contributed by atoms with E-state index in [0.29, 0.717) is 17.7 Å². The summed E-state index contributed by atoms with van der Waals surface area (Å²) in [6.45, 7) is 3.01. The predicted molar refractivity (Wildman–Crippen MR) is 67.4 cm³/mol. The highest BCUT2D eigenvalue weighted by Crippen LogP contribution is 2.30. The van der Waals surface area contributed by atoms with E-state index in [-0.39, 0.29) is 18.4 Å². The average Bonchev–Trinajstić information content (AvgIpc) is 2.86. The summed E-state index contributed by atoms with van der Waals surface area (Å²) in [5.74, 6) is 0.771. The van der Waals surface area contributed by atoms with Crippen molar-refractivity contribution in [1.82, 2.24) is 10.0 Å². The third kappa shape index (κ3) is 4.57. The van der Waals surface area contributed by atoms with E-state index >= 15 is 0 Å². The number of nitrogens with one attached hydrogen (secondary N) is 2. The quantitative estimate of drug-likeness (QED) is 0.796. The van der Waals surface area contributed by atoms with Crippen LogP contribution in [0.25, 0.3) is 0 Å². The SMILES string of the molecule is CC1CC(NS(=O)(=O)CC2CC2)CCN1.Cl. The Morgan fingerprint density at radius 2 is 2.00 bits per heavy atom. The first-order valence-corrected chi connectivity index (χ1v) is 7.44. The largest absolute Gasteiger partial charge is 0.314 e. The van der Waals surface area contributed by atoms with Crippen LogP contribution >= 0.6 is 12.4 Å². The molecule has 0 aromatic heterocycles. The fourth-order valence-corrected chi connectivity index (χ4v) is 3.91. The van der Waals surface area contributed by atoms with Crippen molar-refractivity contribution in [2.45, 2.75) is 44.7 Å². The molecule has 16 heavy (non-hydrogen) atoms. The molecule has 0 aromatic rings. The molecule has 2 aliphatic rings. The minimum Gasteiger partial charge on any atom is -0.314 e. The summed E-state index contributed by atoms with van der Waals surface area (Å²) in [7, 11) is -3.02. The number of rotatable bonds is 4. The normalized spacial score (nSPS) is 30.8. The van der Waals surface area contributed by atoms with Crippen LogP contribution in [0.3, 0.4) is 0 Å². The molecule has 1 aliphatic carbocycles. The topological polar surface area (TPSA) is 58.2 Å². The van der Waals surface area contributed by atoms with Gasteiger partial charge in [-0.1, -0.05) is 0 Å². The lowest BCUT2D eigenvalue weighted by Crippen LogP contribution is -2.47. The number of sulfonamides is 1. The molecular weight excluding hydrogens is 248 g/mol. The van der Waals surface area contributed by atoms with Crippen molar-refractivity contribution in [3.8, 4) is 0 Å². The van der Waals surface area contributed by atoms with Crippen LogP contribution in [0, 0.1) is 5.92 Å². The monoisotopic (exact) mass is 268 g/mol. The molecule has 0 amide bonds. The summed E-state index contributed by atoms with van der Waals surface area (Å²) in [5.41, 5.74) is 0. The van der Waals surface area contributed by atoms with Gasteiger partial charge in [0.15, 0.2) is 0 Å². The molecule has 2 rings (SSSR count). The molecule has 0 radical (unpaired) electrons. The van der Waals surface area contributed by atoms with Crippen molar-refractivity contribution < 1.29 is 8.42 Å².